The monoisotopic (exact) mass is 547 g/mol. The van der Waals surface area contributed by atoms with Gasteiger partial charge in [-0.3, -0.25) is 4.79 Å². The Morgan fingerprint density at radius 1 is 1.12 bits per heavy atom. The van der Waals surface area contributed by atoms with Crippen LogP contribution in [0.25, 0.3) is 11.0 Å². The number of nitrogens with one attached hydrogen (secondary N) is 1. The number of carbonyl (C=O) groups excluding carboxylic acids is 1. The number of carbonyl (C=O) groups is 1. The minimum absolute atomic E-state index is 0.0954. The molecule has 214 valence electrons. The normalized spacial score (nSPS) is 14.4. The molecular formula is C32H41N3O5. The average molecular weight is 548 g/mol. The van der Waals surface area contributed by atoms with Crippen LogP contribution >= 0.6 is 0 Å². The van der Waals surface area contributed by atoms with Gasteiger partial charge in [0.25, 0.3) is 5.91 Å². The number of likely N-dealkylation sites (tertiary alicyclic amines) is 1. The molecule has 1 aliphatic heterocycles. The highest BCUT2D eigenvalue weighted by Gasteiger charge is 2.20. The number of nitrogens with zero attached hydrogens (tertiary/aromatic N) is 2. The molecule has 1 saturated heterocycles. The number of benzene rings is 2. The highest BCUT2D eigenvalue weighted by atomic mass is 16.5. The summed E-state index contributed by atoms with van der Waals surface area (Å²) >= 11 is 0. The van der Waals surface area contributed by atoms with E-state index >= 15 is 0 Å². The number of hydrogen-bond acceptors (Lipinski definition) is 7. The molecule has 0 unspecified atom stereocenters. The standard InChI is InChI=1S/C32H41N3O5/c1-21(2)7-8-23-19-25(10-12-29(23)38-18-17-34(4)5)31(36)33-27-20-24-9-11-28(22(3)30(24)40-32(27)37)39-26-13-15-35(6)16-14-26/h7,9-12,19-20,26H,8,13-18H2,1-6H3,(H,33,36). The first-order valence-corrected chi connectivity index (χ1v) is 13.9. The van der Waals surface area contributed by atoms with Gasteiger partial charge in [-0.1, -0.05) is 11.6 Å². The molecule has 0 spiro atoms. The van der Waals surface area contributed by atoms with Crippen LogP contribution in [-0.2, 0) is 6.42 Å². The molecule has 3 aromatic rings. The molecule has 4 rings (SSSR count). The van der Waals surface area contributed by atoms with Crippen molar-refractivity contribution in [1.29, 1.82) is 0 Å². The van der Waals surface area contributed by atoms with Crippen LogP contribution < -0.4 is 20.4 Å². The second kappa shape index (κ2) is 13.2. The Kier molecular flexibility index (Phi) is 9.66. The summed E-state index contributed by atoms with van der Waals surface area (Å²) in [7, 11) is 6.10. The van der Waals surface area contributed by atoms with Gasteiger partial charge in [-0.05, 0) is 103 Å². The van der Waals surface area contributed by atoms with E-state index in [9.17, 15) is 9.59 Å². The minimum Gasteiger partial charge on any atom is -0.492 e. The van der Waals surface area contributed by atoms with E-state index in [1.807, 2.05) is 59.1 Å². The second-order valence-electron chi connectivity index (χ2n) is 11.1. The number of likely N-dealkylation sites (N-methyl/N-ethyl adjacent to an activating group) is 1. The predicted octanol–water partition coefficient (Wildman–Crippen LogP) is 5.28. The summed E-state index contributed by atoms with van der Waals surface area (Å²) in [5.74, 6) is 1.08. The maximum Gasteiger partial charge on any atom is 0.360 e. The van der Waals surface area contributed by atoms with Gasteiger partial charge in [0.15, 0.2) is 0 Å². The molecule has 2 heterocycles. The SMILES string of the molecule is CC(C)=CCc1cc(C(=O)Nc2cc3ccc(OC4CCN(C)CC4)c(C)c3oc2=O)ccc1OCCN(C)C. The molecule has 1 aliphatic rings. The molecule has 1 amide bonds. The maximum atomic E-state index is 13.2. The summed E-state index contributed by atoms with van der Waals surface area (Å²) in [5.41, 5.74) is 3.27. The third kappa shape index (κ3) is 7.52. The van der Waals surface area contributed by atoms with Crippen molar-refractivity contribution in [3.63, 3.8) is 0 Å². The number of piperidine rings is 1. The largest absolute Gasteiger partial charge is 0.492 e. The lowest BCUT2D eigenvalue weighted by Gasteiger charge is -2.29. The van der Waals surface area contributed by atoms with Crippen molar-refractivity contribution in [2.45, 2.75) is 46.1 Å². The van der Waals surface area contributed by atoms with Crippen LogP contribution in [0, 0.1) is 6.92 Å². The highest BCUT2D eigenvalue weighted by molar-refractivity contribution is 6.05. The van der Waals surface area contributed by atoms with Crippen molar-refractivity contribution < 1.29 is 18.7 Å². The van der Waals surface area contributed by atoms with Gasteiger partial charge in [-0.25, -0.2) is 4.79 Å². The molecule has 8 heteroatoms. The van der Waals surface area contributed by atoms with Crippen LogP contribution in [0.4, 0.5) is 5.69 Å². The molecule has 0 bridgehead atoms. The Morgan fingerprint density at radius 3 is 2.55 bits per heavy atom. The fourth-order valence-electron chi connectivity index (χ4n) is 4.67. The van der Waals surface area contributed by atoms with Gasteiger partial charge in [-0.2, -0.15) is 0 Å². The number of rotatable bonds is 10. The van der Waals surface area contributed by atoms with Gasteiger partial charge in [0.1, 0.15) is 35.5 Å². The lowest BCUT2D eigenvalue weighted by Crippen LogP contribution is -2.35. The van der Waals surface area contributed by atoms with Crippen molar-refractivity contribution in [2.24, 2.45) is 0 Å². The van der Waals surface area contributed by atoms with Crippen molar-refractivity contribution in [2.75, 3.05) is 52.7 Å². The third-order valence-electron chi connectivity index (χ3n) is 7.16. The van der Waals surface area contributed by atoms with Gasteiger partial charge in [0.2, 0.25) is 0 Å². The van der Waals surface area contributed by atoms with E-state index in [0.717, 1.165) is 60.5 Å². The van der Waals surface area contributed by atoms with Gasteiger partial charge >= 0.3 is 5.63 Å². The fraction of sp³-hybridized carbons (Fsp3) is 0.438. The van der Waals surface area contributed by atoms with Gasteiger partial charge in [0.05, 0.1) is 0 Å². The van der Waals surface area contributed by atoms with E-state index in [1.165, 1.54) is 5.57 Å². The molecular weight excluding hydrogens is 506 g/mol. The molecule has 8 nitrogen and oxygen atoms in total. The second-order valence-corrected chi connectivity index (χ2v) is 11.1. The Morgan fingerprint density at radius 2 is 1.85 bits per heavy atom. The van der Waals surface area contributed by atoms with E-state index in [0.29, 0.717) is 24.2 Å². The van der Waals surface area contributed by atoms with Crippen molar-refractivity contribution in [3.05, 3.63) is 75.2 Å². The molecule has 1 N–H and O–H groups in total. The van der Waals surface area contributed by atoms with Gasteiger partial charge < -0.3 is 29.0 Å². The lowest BCUT2D eigenvalue weighted by atomic mass is 10.0. The Labute approximate surface area is 236 Å². The minimum atomic E-state index is -0.603. The van der Waals surface area contributed by atoms with E-state index in [-0.39, 0.29) is 17.7 Å². The highest BCUT2D eigenvalue weighted by Crippen LogP contribution is 2.30. The smallest absolute Gasteiger partial charge is 0.360 e. The van der Waals surface area contributed by atoms with E-state index in [4.69, 9.17) is 13.9 Å². The lowest BCUT2D eigenvalue weighted by molar-refractivity contribution is 0.102. The first kappa shape index (κ1) is 29.4. The predicted molar refractivity (Wildman–Crippen MR) is 160 cm³/mol. The summed E-state index contributed by atoms with van der Waals surface area (Å²) in [6.07, 6.45) is 4.80. The molecule has 40 heavy (non-hydrogen) atoms. The molecule has 0 saturated carbocycles. The summed E-state index contributed by atoms with van der Waals surface area (Å²) in [4.78, 5) is 30.4. The van der Waals surface area contributed by atoms with E-state index in [1.54, 1.807) is 12.1 Å². The Balaban J connectivity index is 1.53. The maximum absolute atomic E-state index is 13.2. The molecule has 1 fully saturated rings. The van der Waals surface area contributed by atoms with Crippen LogP contribution in [0.2, 0.25) is 0 Å². The zero-order valence-corrected chi connectivity index (χ0v) is 24.5. The van der Waals surface area contributed by atoms with Crippen LogP contribution in [-0.4, -0.2) is 69.2 Å². The zero-order valence-electron chi connectivity index (χ0n) is 24.5. The number of amides is 1. The number of anilines is 1. The molecule has 0 radical (unpaired) electrons. The third-order valence-corrected chi connectivity index (χ3v) is 7.16. The molecule has 0 atom stereocenters. The van der Waals surface area contributed by atoms with Crippen molar-refractivity contribution in [1.82, 2.24) is 9.80 Å². The Bertz CT molecular complexity index is 1430. The van der Waals surface area contributed by atoms with E-state index < -0.39 is 5.63 Å². The number of hydrogen-bond donors (Lipinski definition) is 1. The topological polar surface area (TPSA) is 84.2 Å². The van der Waals surface area contributed by atoms with Crippen LogP contribution in [0.1, 0.15) is 48.2 Å². The number of ether oxygens (including phenoxy) is 2. The quantitative estimate of drug-likeness (QED) is 0.273. The molecule has 2 aromatic carbocycles. The summed E-state index contributed by atoms with van der Waals surface area (Å²) in [5, 5.41) is 3.47. The van der Waals surface area contributed by atoms with Crippen molar-refractivity contribution in [3.8, 4) is 11.5 Å². The number of aryl methyl sites for hydroxylation is 1. The van der Waals surface area contributed by atoms with Crippen LogP contribution in [0.15, 0.2) is 57.3 Å². The molecule has 0 aliphatic carbocycles. The Hall–Kier alpha value is -3.62. The first-order chi connectivity index (χ1) is 19.1. The van der Waals surface area contributed by atoms with Gasteiger partial charge in [-0.15, -0.1) is 0 Å². The van der Waals surface area contributed by atoms with Gasteiger partial charge in [0, 0.05) is 36.1 Å². The summed E-state index contributed by atoms with van der Waals surface area (Å²) in [6, 6.07) is 10.8. The van der Waals surface area contributed by atoms with Crippen LogP contribution in [0.5, 0.6) is 11.5 Å². The zero-order chi connectivity index (χ0) is 28.8. The molecule has 1 aromatic heterocycles. The fourth-order valence-corrected chi connectivity index (χ4v) is 4.67. The first-order valence-electron chi connectivity index (χ1n) is 13.9. The summed E-state index contributed by atoms with van der Waals surface area (Å²) < 4.78 is 17.9. The number of allylic oxidation sites excluding steroid dienone is 2. The number of fused-ring (bicyclic) bond motifs is 1. The summed E-state index contributed by atoms with van der Waals surface area (Å²) in [6.45, 7) is 9.29. The average Bonchev–Trinajstić information content (AvgIpc) is 2.91. The van der Waals surface area contributed by atoms with E-state index in [2.05, 4.69) is 28.2 Å². The van der Waals surface area contributed by atoms with Crippen LogP contribution in [0.3, 0.4) is 0 Å². The van der Waals surface area contributed by atoms with Crippen molar-refractivity contribution >= 4 is 22.6 Å².